The molecule has 15 heavy (non-hydrogen) atoms. The van der Waals surface area contributed by atoms with Gasteiger partial charge in [-0.1, -0.05) is 32.0 Å². The molecule has 1 rings (SSSR count). The minimum Gasteiger partial charge on any atom is -0.310 e. The molecule has 0 heterocycles. The van der Waals surface area contributed by atoms with E-state index in [4.69, 9.17) is 0 Å². The van der Waals surface area contributed by atoms with Gasteiger partial charge >= 0.3 is 0 Å². The van der Waals surface area contributed by atoms with E-state index in [2.05, 4.69) is 58.1 Å². The van der Waals surface area contributed by atoms with E-state index in [0.717, 1.165) is 6.54 Å². The molecule has 0 radical (unpaired) electrons. The van der Waals surface area contributed by atoms with Crippen molar-refractivity contribution in [2.75, 3.05) is 6.54 Å². The number of nitrogens with one attached hydrogen (secondary N) is 1. The van der Waals surface area contributed by atoms with Gasteiger partial charge in [0.15, 0.2) is 0 Å². The van der Waals surface area contributed by atoms with Crippen LogP contribution in [0, 0.1) is 19.8 Å². The van der Waals surface area contributed by atoms with Gasteiger partial charge in [-0.25, -0.2) is 0 Å². The van der Waals surface area contributed by atoms with Crippen molar-refractivity contribution in [2.45, 2.75) is 40.7 Å². The van der Waals surface area contributed by atoms with Crippen LogP contribution in [0.5, 0.6) is 0 Å². The first-order valence-electron chi connectivity index (χ1n) is 5.81. The lowest BCUT2D eigenvalue weighted by Crippen LogP contribution is -2.23. The van der Waals surface area contributed by atoms with Crippen LogP contribution < -0.4 is 5.32 Å². The van der Waals surface area contributed by atoms with Gasteiger partial charge in [0, 0.05) is 6.04 Å². The van der Waals surface area contributed by atoms with Gasteiger partial charge in [-0.2, -0.15) is 0 Å². The van der Waals surface area contributed by atoms with E-state index in [1.165, 1.54) is 16.7 Å². The van der Waals surface area contributed by atoms with Crippen molar-refractivity contribution >= 4 is 0 Å². The monoisotopic (exact) mass is 205 g/mol. The lowest BCUT2D eigenvalue weighted by Gasteiger charge is -2.17. The highest BCUT2D eigenvalue weighted by molar-refractivity contribution is 5.31. The summed E-state index contributed by atoms with van der Waals surface area (Å²) in [6.45, 7) is 12.1. The molecule has 0 aromatic heterocycles. The molecule has 1 aromatic rings. The van der Waals surface area contributed by atoms with Crippen LogP contribution in [0.1, 0.15) is 43.5 Å². The second kappa shape index (κ2) is 5.32. The summed E-state index contributed by atoms with van der Waals surface area (Å²) in [6.07, 6.45) is 0. The highest BCUT2D eigenvalue weighted by atomic mass is 14.9. The Balaban J connectivity index is 2.65. The Bertz CT molecular complexity index is 315. The Morgan fingerprint density at radius 2 is 1.73 bits per heavy atom. The molecule has 1 aromatic carbocycles. The minimum atomic E-state index is 0.451. The van der Waals surface area contributed by atoms with Gasteiger partial charge in [-0.15, -0.1) is 0 Å². The van der Waals surface area contributed by atoms with Gasteiger partial charge in [0.1, 0.15) is 0 Å². The first kappa shape index (κ1) is 12.3. The second-order valence-electron chi connectivity index (χ2n) is 4.87. The van der Waals surface area contributed by atoms with E-state index in [0.29, 0.717) is 12.0 Å². The van der Waals surface area contributed by atoms with Crippen molar-refractivity contribution in [3.63, 3.8) is 0 Å². The topological polar surface area (TPSA) is 12.0 Å². The molecular weight excluding hydrogens is 182 g/mol. The third kappa shape index (κ3) is 3.67. The summed E-state index contributed by atoms with van der Waals surface area (Å²) in [5, 5.41) is 3.55. The molecule has 0 aliphatic carbocycles. The molecule has 0 saturated heterocycles. The van der Waals surface area contributed by atoms with Crippen LogP contribution in [0.3, 0.4) is 0 Å². The zero-order valence-electron chi connectivity index (χ0n) is 10.6. The maximum Gasteiger partial charge on any atom is 0.0292 e. The lowest BCUT2D eigenvalue weighted by atomic mass is 10.0. The van der Waals surface area contributed by atoms with Crippen molar-refractivity contribution in [1.82, 2.24) is 5.32 Å². The normalized spacial score (nSPS) is 13.2. The van der Waals surface area contributed by atoms with Crippen LogP contribution in [0.4, 0.5) is 0 Å². The van der Waals surface area contributed by atoms with Gasteiger partial charge < -0.3 is 5.32 Å². The van der Waals surface area contributed by atoms with E-state index >= 15 is 0 Å². The summed E-state index contributed by atoms with van der Waals surface area (Å²) in [5.74, 6) is 0.707. The summed E-state index contributed by atoms with van der Waals surface area (Å²) < 4.78 is 0. The molecule has 0 spiro atoms. The number of hydrogen-bond donors (Lipinski definition) is 1. The third-order valence-electron chi connectivity index (χ3n) is 2.86. The molecule has 0 amide bonds. The van der Waals surface area contributed by atoms with E-state index < -0.39 is 0 Å². The maximum atomic E-state index is 3.55. The fraction of sp³-hybridized carbons (Fsp3) is 0.571. The first-order chi connectivity index (χ1) is 7.00. The molecule has 1 atom stereocenters. The quantitative estimate of drug-likeness (QED) is 0.791. The average Bonchev–Trinajstić information content (AvgIpc) is 2.18. The molecule has 1 heteroatoms. The van der Waals surface area contributed by atoms with Crippen LogP contribution in [0.15, 0.2) is 18.2 Å². The lowest BCUT2D eigenvalue weighted by molar-refractivity contribution is 0.496. The first-order valence-corrected chi connectivity index (χ1v) is 5.81. The molecule has 0 aliphatic heterocycles. The van der Waals surface area contributed by atoms with Gasteiger partial charge in [-0.3, -0.25) is 0 Å². The van der Waals surface area contributed by atoms with Crippen molar-refractivity contribution in [3.8, 4) is 0 Å². The van der Waals surface area contributed by atoms with Crippen molar-refractivity contribution < 1.29 is 0 Å². The Morgan fingerprint density at radius 3 is 2.27 bits per heavy atom. The van der Waals surface area contributed by atoms with Crippen molar-refractivity contribution in [2.24, 2.45) is 5.92 Å². The smallest absolute Gasteiger partial charge is 0.0292 e. The zero-order chi connectivity index (χ0) is 11.4. The summed E-state index contributed by atoms with van der Waals surface area (Å²) in [4.78, 5) is 0. The zero-order valence-corrected chi connectivity index (χ0v) is 10.6. The predicted molar refractivity (Wildman–Crippen MR) is 67.2 cm³/mol. The fourth-order valence-corrected chi connectivity index (χ4v) is 1.56. The summed E-state index contributed by atoms with van der Waals surface area (Å²) >= 11 is 0. The van der Waals surface area contributed by atoms with E-state index in [1.54, 1.807) is 0 Å². The summed E-state index contributed by atoms with van der Waals surface area (Å²) in [6, 6.07) is 7.16. The standard InChI is InChI=1S/C14H23N/c1-10(2)9-15-13(5)14-7-6-11(3)12(4)8-14/h6-8,10,13,15H,9H2,1-5H3. The average molecular weight is 205 g/mol. The minimum absolute atomic E-state index is 0.451. The molecule has 0 aliphatic rings. The molecule has 1 unspecified atom stereocenters. The number of aryl methyl sites for hydroxylation is 2. The molecule has 84 valence electrons. The van der Waals surface area contributed by atoms with Crippen LogP contribution >= 0.6 is 0 Å². The summed E-state index contributed by atoms with van der Waals surface area (Å²) in [7, 11) is 0. The predicted octanol–water partition coefficient (Wildman–Crippen LogP) is 3.61. The maximum absolute atomic E-state index is 3.55. The Labute approximate surface area is 93.9 Å². The molecule has 1 N–H and O–H groups in total. The van der Waals surface area contributed by atoms with Crippen molar-refractivity contribution in [3.05, 3.63) is 34.9 Å². The third-order valence-corrected chi connectivity index (χ3v) is 2.86. The Morgan fingerprint density at radius 1 is 1.07 bits per heavy atom. The van der Waals surface area contributed by atoms with Gasteiger partial charge in [0.2, 0.25) is 0 Å². The SMILES string of the molecule is Cc1ccc(C(C)NCC(C)C)cc1C. The van der Waals surface area contributed by atoms with E-state index in [1.807, 2.05) is 0 Å². The van der Waals surface area contributed by atoms with Crippen LogP contribution in [0.25, 0.3) is 0 Å². The molecule has 1 nitrogen and oxygen atoms in total. The molecule has 0 saturated carbocycles. The van der Waals surface area contributed by atoms with Crippen LogP contribution in [-0.4, -0.2) is 6.54 Å². The second-order valence-corrected chi connectivity index (χ2v) is 4.87. The highest BCUT2D eigenvalue weighted by Gasteiger charge is 2.06. The molecule has 0 fully saturated rings. The number of hydrogen-bond acceptors (Lipinski definition) is 1. The fourth-order valence-electron chi connectivity index (χ4n) is 1.56. The highest BCUT2D eigenvalue weighted by Crippen LogP contribution is 2.16. The number of rotatable bonds is 4. The summed E-state index contributed by atoms with van der Waals surface area (Å²) in [5.41, 5.74) is 4.14. The van der Waals surface area contributed by atoms with Crippen molar-refractivity contribution in [1.29, 1.82) is 0 Å². The van der Waals surface area contributed by atoms with Gasteiger partial charge in [-0.05, 0) is 49.9 Å². The molecule has 0 bridgehead atoms. The van der Waals surface area contributed by atoms with E-state index in [-0.39, 0.29) is 0 Å². The molecular formula is C14H23N. The number of benzene rings is 1. The van der Waals surface area contributed by atoms with Crippen LogP contribution in [0.2, 0.25) is 0 Å². The van der Waals surface area contributed by atoms with Gasteiger partial charge in [0.05, 0.1) is 0 Å². The van der Waals surface area contributed by atoms with E-state index in [9.17, 15) is 0 Å². The van der Waals surface area contributed by atoms with Gasteiger partial charge in [0.25, 0.3) is 0 Å². The Hall–Kier alpha value is -0.820. The Kier molecular flexibility index (Phi) is 4.34. The largest absolute Gasteiger partial charge is 0.310 e. The van der Waals surface area contributed by atoms with Crippen LogP contribution in [-0.2, 0) is 0 Å².